The van der Waals surface area contributed by atoms with Crippen LogP contribution in [0.5, 0.6) is 0 Å². The zero-order valence-electron chi connectivity index (χ0n) is 12.2. The Labute approximate surface area is 125 Å². The third-order valence-corrected chi connectivity index (χ3v) is 4.99. The van der Waals surface area contributed by atoms with Crippen LogP contribution in [0.3, 0.4) is 0 Å². The van der Waals surface area contributed by atoms with Crippen molar-refractivity contribution in [1.82, 2.24) is 9.62 Å². The summed E-state index contributed by atoms with van der Waals surface area (Å²) in [5.41, 5.74) is 0. The number of hydrogen-bond donors (Lipinski definition) is 1. The molecule has 0 aromatic carbocycles. The monoisotopic (exact) mass is 314 g/mol. The van der Waals surface area contributed by atoms with Crippen LogP contribution < -0.4 is 5.32 Å². The van der Waals surface area contributed by atoms with E-state index in [4.69, 9.17) is 9.15 Å². The highest BCUT2D eigenvalue weighted by Gasteiger charge is 2.27. The normalized spacial score (nSPS) is 15.5. The second-order valence-electron chi connectivity index (χ2n) is 5.02. The predicted octanol–water partition coefficient (Wildman–Crippen LogP) is 1.35. The average Bonchev–Trinajstić information content (AvgIpc) is 3.17. The maximum Gasteiger partial charge on any atom is 0.276 e. The molecule has 6 nitrogen and oxygen atoms in total. The fraction of sp³-hybridized carbons (Fsp3) is 0.571. The van der Waals surface area contributed by atoms with Gasteiger partial charge in [-0.05, 0) is 25.0 Å². The standard InChI is InChI=1S/C14H22N2O4S/c1-3-8-16(9-10-19-2)21(17,18)14-7-6-13(20-14)11-15-12-4-5-12/h3,6-7,12,15H,1,4-5,8-11H2,2H3. The van der Waals surface area contributed by atoms with E-state index in [9.17, 15) is 8.42 Å². The van der Waals surface area contributed by atoms with E-state index in [1.807, 2.05) is 0 Å². The van der Waals surface area contributed by atoms with E-state index in [0.717, 1.165) is 0 Å². The van der Waals surface area contributed by atoms with E-state index in [-0.39, 0.29) is 18.2 Å². The summed E-state index contributed by atoms with van der Waals surface area (Å²) in [6.07, 6.45) is 3.90. The van der Waals surface area contributed by atoms with Gasteiger partial charge >= 0.3 is 0 Å². The van der Waals surface area contributed by atoms with Crippen molar-refractivity contribution in [2.24, 2.45) is 0 Å². The van der Waals surface area contributed by atoms with Crippen molar-refractivity contribution >= 4 is 10.0 Å². The van der Waals surface area contributed by atoms with Gasteiger partial charge in [-0.1, -0.05) is 6.08 Å². The van der Waals surface area contributed by atoms with Crippen LogP contribution in [-0.4, -0.2) is 45.6 Å². The second kappa shape index (κ2) is 7.22. The van der Waals surface area contributed by atoms with Crippen LogP contribution in [0.4, 0.5) is 0 Å². The van der Waals surface area contributed by atoms with Crippen molar-refractivity contribution < 1.29 is 17.6 Å². The maximum absolute atomic E-state index is 12.5. The molecule has 1 aromatic heterocycles. The van der Waals surface area contributed by atoms with Gasteiger partial charge in [-0.2, -0.15) is 4.31 Å². The predicted molar refractivity (Wildman–Crippen MR) is 79.4 cm³/mol. The van der Waals surface area contributed by atoms with E-state index in [1.54, 1.807) is 12.1 Å². The van der Waals surface area contributed by atoms with Crippen molar-refractivity contribution in [3.05, 3.63) is 30.5 Å². The largest absolute Gasteiger partial charge is 0.447 e. The van der Waals surface area contributed by atoms with Crippen LogP contribution in [0.15, 0.2) is 34.3 Å². The lowest BCUT2D eigenvalue weighted by Crippen LogP contribution is -2.33. The summed E-state index contributed by atoms with van der Waals surface area (Å²) in [5, 5.41) is 3.25. The summed E-state index contributed by atoms with van der Waals surface area (Å²) in [4.78, 5) is 0. The summed E-state index contributed by atoms with van der Waals surface area (Å²) in [6, 6.07) is 3.75. The Morgan fingerprint density at radius 1 is 1.52 bits per heavy atom. The highest BCUT2D eigenvalue weighted by molar-refractivity contribution is 7.89. The molecule has 7 heteroatoms. The molecule has 1 aliphatic carbocycles. The SMILES string of the molecule is C=CCN(CCOC)S(=O)(=O)c1ccc(CNC2CC2)o1. The summed E-state index contributed by atoms with van der Waals surface area (Å²) >= 11 is 0. The first-order valence-electron chi connectivity index (χ1n) is 7.00. The van der Waals surface area contributed by atoms with E-state index in [2.05, 4.69) is 11.9 Å². The molecule has 0 bridgehead atoms. The first-order chi connectivity index (χ1) is 10.1. The van der Waals surface area contributed by atoms with Gasteiger partial charge in [0, 0.05) is 26.2 Å². The quantitative estimate of drug-likeness (QED) is 0.660. The first kappa shape index (κ1) is 16.2. The molecule has 1 N–H and O–H groups in total. The van der Waals surface area contributed by atoms with Crippen LogP contribution in [0.2, 0.25) is 0 Å². The molecule has 0 saturated heterocycles. The van der Waals surface area contributed by atoms with Gasteiger partial charge in [0.05, 0.1) is 13.2 Å². The molecule has 0 atom stereocenters. The van der Waals surface area contributed by atoms with Gasteiger partial charge in [0.2, 0.25) is 5.09 Å². The molecule has 1 heterocycles. The number of nitrogens with zero attached hydrogens (tertiary/aromatic N) is 1. The van der Waals surface area contributed by atoms with Crippen molar-refractivity contribution in [2.75, 3.05) is 26.8 Å². The number of methoxy groups -OCH3 is 1. The van der Waals surface area contributed by atoms with Crippen molar-refractivity contribution in [2.45, 2.75) is 30.5 Å². The lowest BCUT2D eigenvalue weighted by atomic mass is 10.4. The average molecular weight is 314 g/mol. The van der Waals surface area contributed by atoms with Gasteiger partial charge in [0.25, 0.3) is 10.0 Å². The Balaban J connectivity index is 2.06. The molecule has 1 aliphatic rings. The lowest BCUT2D eigenvalue weighted by Gasteiger charge is -2.18. The minimum atomic E-state index is -3.65. The zero-order valence-corrected chi connectivity index (χ0v) is 13.1. The molecule has 21 heavy (non-hydrogen) atoms. The van der Waals surface area contributed by atoms with Crippen molar-refractivity contribution in [3.8, 4) is 0 Å². The molecule has 1 aromatic rings. The Morgan fingerprint density at radius 2 is 2.29 bits per heavy atom. The second-order valence-corrected chi connectivity index (χ2v) is 6.89. The van der Waals surface area contributed by atoms with Gasteiger partial charge in [0.15, 0.2) is 0 Å². The number of ether oxygens (including phenoxy) is 1. The van der Waals surface area contributed by atoms with Gasteiger partial charge < -0.3 is 14.5 Å². The molecule has 0 amide bonds. The molecule has 0 radical (unpaired) electrons. The van der Waals surface area contributed by atoms with Crippen LogP contribution >= 0.6 is 0 Å². The summed E-state index contributed by atoms with van der Waals surface area (Å²) in [7, 11) is -2.11. The van der Waals surface area contributed by atoms with E-state index < -0.39 is 10.0 Å². The Kier molecular flexibility index (Phi) is 5.58. The maximum atomic E-state index is 12.5. The molecule has 118 valence electrons. The van der Waals surface area contributed by atoms with Crippen LogP contribution in [0, 0.1) is 0 Å². The fourth-order valence-corrected chi connectivity index (χ4v) is 3.22. The number of sulfonamides is 1. The highest BCUT2D eigenvalue weighted by Crippen LogP contribution is 2.22. The fourth-order valence-electron chi connectivity index (χ4n) is 1.90. The first-order valence-corrected chi connectivity index (χ1v) is 8.44. The van der Waals surface area contributed by atoms with Crippen molar-refractivity contribution in [1.29, 1.82) is 0 Å². The molecule has 1 saturated carbocycles. The van der Waals surface area contributed by atoms with Crippen LogP contribution in [-0.2, 0) is 21.3 Å². The van der Waals surface area contributed by atoms with E-state index in [1.165, 1.54) is 30.3 Å². The molecule has 2 rings (SSSR count). The number of furan rings is 1. The lowest BCUT2D eigenvalue weighted by molar-refractivity contribution is 0.181. The molecule has 1 fully saturated rings. The smallest absolute Gasteiger partial charge is 0.276 e. The third-order valence-electron chi connectivity index (χ3n) is 3.25. The third kappa shape index (κ3) is 4.41. The van der Waals surface area contributed by atoms with E-state index >= 15 is 0 Å². The van der Waals surface area contributed by atoms with Crippen molar-refractivity contribution in [3.63, 3.8) is 0 Å². The Morgan fingerprint density at radius 3 is 2.90 bits per heavy atom. The molecule has 0 unspecified atom stereocenters. The molecule has 0 spiro atoms. The molecule has 0 aliphatic heterocycles. The summed E-state index contributed by atoms with van der Waals surface area (Å²) in [5.74, 6) is 0.630. The summed E-state index contributed by atoms with van der Waals surface area (Å²) in [6.45, 7) is 4.96. The topological polar surface area (TPSA) is 71.8 Å². The van der Waals surface area contributed by atoms with Crippen LogP contribution in [0.1, 0.15) is 18.6 Å². The number of nitrogens with one attached hydrogen (secondary N) is 1. The molecular weight excluding hydrogens is 292 g/mol. The summed E-state index contributed by atoms with van der Waals surface area (Å²) < 4.78 is 36.7. The van der Waals surface area contributed by atoms with Gasteiger partial charge in [-0.25, -0.2) is 8.42 Å². The Bertz CT molecular complexity index is 563. The zero-order chi connectivity index (χ0) is 15.3. The minimum absolute atomic E-state index is 0.0342. The van der Waals surface area contributed by atoms with Gasteiger partial charge in [0.1, 0.15) is 5.76 Å². The van der Waals surface area contributed by atoms with Crippen LogP contribution in [0.25, 0.3) is 0 Å². The minimum Gasteiger partial charge on any atom is -0.447 e. The van der Waals surface area contributed by atoms with E-state index in [0.29, 0.717) is 25.0 Å². The highest BCUT2D eigenvalue weighted by atomic mass is 32.2. The van der Waals surface area contributed by atoms with Gasteiger partial charge in [-0.3, -0.25) is 0 Å². The number of hydrogen-bond acceptors (Lipinski definition) is 5. The molecular formula is C14H22N2O4S. The number of rotatable bonds is 10. The van der Waals surface area contributed by atoms with Gasteiger partial charge in [-0.15, -0.1) is 6.58 Å². The Hall–Kier alpha value is -1.15.